The molecule has 33 heavy (non-hydrogen) atoms. The average Bonchev–Trinajstić information content (AvgIpc) is 2.85. The molecule has 3 aromatic rings. The topological polar surface area (TPSA) is 65.0 Å². The summed E-state index contributed by atoms with van der Waals surface area (Å²) < 4.78 is 30.8. The molecular formula is C25H27O5PS2. The SMILES string of the molecule is CCOP(=O)(OCC)C(=S)OC(c1ccccc1)(c1ccccc1)c1ccccc1.OC=S. The van der Waals surface area contributed by atoms with Gasteiger partial charge in [-0.25, -0.2) is 0 Å². The minimum atomic E-state index is -3.76. The molecule has 8 heteroatoms. The molecule has 0 saturated carbocycles. The largest absolute Gasteiger partial charge is 0.504 e. The van der Waals surface area contributed by atoms with Crippen molar-refractivity contribution >= 4 is 42.4 Å². The molecule has 0 unspecified atom stereocenters. The van der Waals surface area contributed by atoms with Gasteiger partial charge in [0.05, 0.1) is 13.2 Å². The third kappa shape index (κ3) is 6.56. The number of thiocarbonyl (C=S) groups is 2. The van der Waals surface area contributed by atoms with Crippen molar-refractivity contribution in [2.24, 2.45) is 0 Å². The van der Waals surface area contributed by atoms with E-state index in [-0.39, 0.29) is 18.0 Å². The lowest BCUT2D eigenvalue weighted by Crippen LogP contribution is -2.35. The fourth-order valence-corrected chi connectivity index (χ4v) is 5.02. The van der Waals surface area contributed by atoms with Gasteiger partial charge in [-0.2, -0.15) is 0 Å². The minimum Gasteiger partial charge on any atom is -0.504 e. The smallest absolute Gasteiger partial charge is 0.407 e. The summed E-state index contributed by atoms with van der Waals surface area (Å²) in [5, 5.41) is 7.26. The van der Waals surface area contributed by atoms with Crippen LogP contribution in [0.2, 0.25) is 0 Å². The molecule has 1 N–H and O–H groups in total. The Morgan fingerprint density at radius 3 is 1.39 bits per heavy atom. The van der Waals surface area contributed by atoms with Crippen molar-refractivity contribution in [1.82, 2.24) is 0 Å². The van der Waals surface area contributed by atoms with Crippen LogP contribution >= 0.6 is 32.0 Å². The molecule has 3 aromatic carbocycles. The third-order valence-electron chi connectivity index (χ3n) is 4.60. The Morgan fingerprint density at radius 2 is 1.12 bits per heavy atom. The zero-order chi connectivity index (χ0) is 24.2. The second-order valence-electron chi connectivity index (χ2n) is 6.59. The molecule has 0 atom stereocenters. The zero-order valence-corrected chi connectivity index (χ0v) is 21.0. The van der Waals surface area contributed by atoms with E-state index in [4.69, 9.17) is 31.1 Å². The Kier molecular flexibility index (Phi) is 10.8. The Balaban J connectivity index is 0.00000122. The summed E-state index contributed by atoms with van der Waals surface area (Å²) in [4.78, 5) is -0.192. The highest BCUT2D eigenvalue weighted by atomic mass is 32.1. The number of benzene rings is 3. The Bertz CT molecular complexity index is 940. The molecule has 0 aliphatic carbocycles. The molecule has 0 aromatic heterocycles. The molecule has 0 spiro atoms. The number of aliphatic hydroxyl groups is 1. The first-order valence-electron chi connectivity index (χ1n) is 10.4. The molecule has 0 amide bonds. The van der Waals surface area contributed by atoms with Crippen LogP contribution in [-0.2, 0) is 24.0 Å². The van der Waals surface area contributed by atoms with Crippen molar-refractivity contribution in [3.63, 3.8) is 0 Å². The highest BCUT2D eigenvalue weighted by Gasteiger charge is 2.44. The van der Waals surface area contributed by atoms with Gasteiger partial charge >= 0.3 is 7.60 Å². The van der Waals surface area contributed by atoms with Gasteiger partial charge in [0.2, 0.25) is 0 Å². The van der Waals surface area contributed by atoms with Crippen LogP contribution in [0, 0.1) is 0 Å². The predicted molar refractivity (Wildman–Crippen MR) is 140 cm³/mol. The highest BCUT2D eigenvalue weighted by molar-refractivity contribution is 7.97. The van der Waals surface area contributed by atoms with E-state index in [1.807, 2.05) is 91.0 Å². The van der Waals surface area contributed by atoms with Gasteiger partial charge in [0.25, 0.3) is 4.79 Å². The van der Waals surface area contributed by atoms with Gasteiger partial charge in [-0.3, -0.25) is 4.57 Å². The average molecular weight is 503 g/mol. The first kappa shape index (κ1) is 26.8. The maximum Gasteiger partial charge on any atom is 0.407 e. The quantitative estimate of drug-likeness (QED) is 0.191. The summed E-state index contributed by atoms with van der Waals surface area (Å²) in [5.74, 6) is 0. The van der Waals surface area contributed by atoms with Crippen LogP contribution < -0.4 is 0 Å². The summed E-state index contributed by atoms with van der Waals surface area (Å²) in [6.07, 6.45) is 0. The monoisotopic (exact) mass is 502 g/mol. The standard InChI is InChI=1S/C24H25O4PS.CH2OS/c1-3-26-29(25,27-4-2)23(30)28-24(20-14-8-5-9-15-20,21-16-10-6-11-17-21)22-18-12-7-13-19-22;2-1-3/h5-19H,3-4H2,1-2H3;1H,(H,2,3). The first-order chi connectivity index (χ1) is 16.0. The Morgan fingerprint density at radius 1 is 0.818 bits per heavy atom. The molecule has 0 bridgehead atoms. The number of rotatable bonds is 9. The lowest BCUT2D eigenvalue weighted by atomic mass is 9.80. The lowest BCUT2D eigenvalue weighted by molar-refractivity contribution is 0.140. The molecular weight excluding hydrogens is 475 g/mol. The lowest BCUT2D eigenvalue weighted by Gasteiger charge is -2.37. The third-order valence-corrected chi connectivity index (χ3v) is 7.09. The van der Waals surface area contributed by atoms with Crippen molar-refractivity contribution in [1.29, 1.82) is 0 Å². The summed E-state index contributed by atoms with van der Waals surface area (Å²) in [6.45, 7) is 3.87. The van der Waals surface area contributed by atoms with Crippen LogP contribution in [0.15, 0.2) is 91.0 Å². The molecule has 0 aliphatic rings. The van der Waals surface area contributed by atoms with Gasteiger partial charge in [-0.05, 0) is 38.3 Å². The Hall–Kier alpha value is -2.41. The maximum atomic E-state index is 13.4. The molecule has 5 nitrogen and oxygen atoms in total. The van der Waals surface area contributed by atoms with Crippen molar-refractivity contribution in [3.05, 3.63) is 108 Å². The van der Waals surface area contributed by atoms with Crippen LogP contribution in [0.5, 0.6) is 0 Å². The zero-order valence-electron chi connectivity index (χ0n) is 18.5. The second-order valence-corrected chi connectivity index (χ2v) is 9.39. The Labute approximate surface area is 205 Å². The van der Waals surface area contributed by atoms with Gasteiger partial charge in [-0.15, -0.1) is 0 Å². The molecule has 0 saturated heterocycles. The molecule has 0 heterocycles. The molecule has 0 radical (unpaired) electrons. The van der Waals surface area contributed by atoms with E-state index in [0.29, 0.717) is 5.55 Å². The van der Waals surface area contributed by atoms with Crippen molar-refractivity contribution in [2.45, 2.75) is 19.4 Å². The number of aliphatic hydroxyl groups excluding tert-OH is 1. The van der Waals surface area contributed by atoms with E-state index >= 15 is 0 Å². The van der Waals surface area contributed by atoms with Crippen LogP contribution in [0.25, 0.3) is 0 Å². The normalized spacial score (nSPS) is 11.1. The van der Waals surface area contributed by atoms with Crippen LogP contribution in [-0.4, -0.2) is 28.7 Å². The van der Waals surface area contributed by atoms with E-state index in [0.717, 1.165) is 16.7 Å². The van der Waals surface area contributed by atoms with Gasteiger partial charge in [0.15, 0.2) is 5.60 Å². The molecule has 0 aliphatic heterocycles. The minimum absolute atomic E-state index is 0.190. The van der Waals surface area contributed by atoms with Crippen LogP contribution in [0.1, 0.15) is 30.5 Å². The number of ether oxygens (including phenoxy) is 1. The summed E-state index contributed by atoms with van der Waals surface area (Å²) in [5.41, 5.74) is 2.02. The van der Waals surface area contributed by atoms with E-state index < -0.39 is 13.2 Å². The summed E-state index contributed by atoms with van der Waals surface area (Å²) in [7, 11) is -3.76. The van der Waals surface area contributed by atoms with Crippen molar-refractivity contribution < 1.29 is 23.5 Å². The van der Waals surface area contributed by atoms with Crippen molar-refractivity contribution in [2.75, 3.05) is 13.2 Å². The number of hydrogen-bond donors (Lipinski definition) is 1. The van der Waals surface area contributed by atoms with Gasteiger partial charge in [-0.1, -0.05) is 91.0 Å². The van der Waals surface area contributed by atoms with Crippen LogP contribution in [0.3, 0.4) is 0 Å². The van der Waals surface area contributed by atoms with Crippen LogP contribution in [0.4, 0.5) is 0 Å². The predicted octanol–water partition coefficient (Wildman–Crippen LogP) is 7.05. The first-order valence-corrected chi connectivity index (χ1v) is 12.8. The van der Waals surface area contributed by atoms with E-state index in [2.05, 4.69) is 12.2 Å². The summed E-state index contributed by atoms with van der Waals surface area (Å²) >= 11 is 9.36. The van der Waals surface area contributed by atoms with Gasteiger partial charge in [0.1, 0.15) is 5.55 Å². The van der Waals surface area contributed by atoms with E-state index in [1.54, 1.807) is 13.8 Å². The molecule has 0 fully saturated rings. The summed E-state index contributed by atoms with van der Waals surface area (Å²) in [6, 6.07) is 29.2. The number of hydrogen-bond acceptors (Lipinski definition) is 6. The second kappa shape index (κ2) is 13.3. The fourth-order valence-electron chi connectivity index (χ4n) is 3.36. The molecule has 3 rings (SSSR count). The van der Waals surface area contributed by atoms with Gasteiger partial charge < -0.3 is 18.9 Å². The highest BCUT2D eigenvalue weighted by Crippen LogP contribution is 2.53. The molecule has 174 valence electrons. The van der Waals surface area contributed by atoms with Gasteiger partial charge in [0, 0.05) is 16.7 Å². The maximum absolute atomic E-state index is 13.4. The van der Waals surface area contributed by atoms with E-state index in [9.17, 15) is 4.57 Å². The fraction of sp³-hybridized carbons (Fsp3) is 0.200. The van der Waals surface area contributed by atoms with E-state index in [1.165, 1.54) is 0 Å². The van der Waals surface area contributed by atoms with Crippen molar-refractivity contribution in [3.8, 4) is 0 Å².